The summed E-state index contributed by atoms with van der Waals surface area (Å²) in [5.74, 6) is 0. The third-order valence-corrected chi connectivity index (χ3v) is 4.00. The van der Waals surface area contributed by atoms with E-state index in [0.717, 1.165) is 0 Å². The van der Waals surface area contributed by atoms with E-state index in [4.69, 9.17) is 0 Å². The van der Waals surface area contributed by atoms with Crippen LogP contribution in [0.5, 0.6) is 0 Å². The molecule has 20 heavy (non-hydrogen) atoms. The fourth-order valence-electron chi connectivity index (χ4n) is 2.87. The summed E-state index contributed by atoms with van der Waals surface area (Å²) >= 11 is 0. The molecule has 3 aromatic rings. The van der Waals surface area contributed by atoms with Gasteiger partial charge >= 0.3 is 0 Å². The monoisotopic (exact) mass is 263 g/mol. The number of rotatable bonds is 2. The number of nitrogens with one attached hydrogen (secondary N) is 1. The Bertz CT molecular complexity index is 784. The van der Waals surface area contributed by atoms with Crippen LogP contribution in [0.1, 0.15) is 25.0 Å². The van der Waals surface area contributed by atoms with Crippen molar-refractivity contribution in [3.8, 4) is 0 Å². The Labute approximate surface area is 120 Å². The summed E-state index contributed by atoms with van der Waals surface area (Å²) in [4.78, 5) is 0. The smallest absolute Gasteiger partial charge is 0.0454 e. The van der Waals surface area contributed by atoms with Crippen LogP contribution in [0.25, 0.3) is 21.5 Å². The molecule has 0 unspecified atom stereocenters. The van der Waals surface area contributed by atoms with Crippen LogP contribution in [0.4, 0.5) is 5.69 Å². The molecular formula is C19H21N. The zero-order valence-electron chi connectivity index (χ0n) is 12.6. The molecule has 0 bridgehead atoms. The van der Waals surface area contributed by atoms with Crippen molar-refractivity contribution in [1.29, 1.82) is 0 Å². The van der Waals surface area contributed by atoms with E-state index in [1.807, 2.05) is 0 Å². The molecule has 0 amide bonds. The minimum Gasteiger partial charge on any atom is -0.382 e. The molecule has 0 aliphatic carbocycles. The molecule has 3 rings (SSSR count). The van der Waals surface area contributed by atoms with Gasteiger partial charge in [0, 0.05) is 17.1 Å². The molecule has 0 atom stereocenters. The molecule has 0 aromatic heterocycles. The van der Waals surface area contributed by atoms with Crippen molar-refractivity contribution >= 4 is 27.2 Å². The molecule has 0 saturated heterocycles. The molecule has 0 aliphatic heterocycles. The standard InChI is InChI=1S/C19H21N/c1-12(2)20-19-14(4)13(3)11-18-16-8-6-5-7-15(16)9-10-17(18)19/h5-12,20H,1-4H3. The fourth-order valence-corrected chi connectivity index (χ4v) is 2.87. The van der Waals surface area contributed by atoms with Gasteiger partial charge in [0.15, 0.2) is 0 Å². The summed E-state index contributed by atoms with van der Waals surface area (Å²) in [6, 6.07) is 15.8. The molecule has 102 valence electrons. The molecule has 0 fully saturated rings. The molecule has 0 spiro atoms. The Morgan fingerprint density at radius 3 is 2.35 bits per heavy atom. The summed E-state index contributed by atoms with van der Waals surface area (Å²) < 4.78 is 0. The summed E-state index contributed by atoms with van der Waals surface area (Å²) in [5.41, 5.74) is 3.97. The Morgan fingerprint density at radius 1 is 0.850 bits per heavy atom. The first-order valence-electron chi connectivity index (χ1n) is 7.26. The van der Waals surface area contributed by atoms with E-state index in [1.165, 1.54) is 38.4 Å². The maximum absolute atomic E-state index is 3.62. The zero-order valence-corrected chi connectivity index (χ0v) is 12.6. The normalized spacial score (nSPS) is 11.4. The highest BCUT2D eigenvalue weighted by Gasteiger charge is 2.10. The fraction of sp³-hybridized carbons (Fsp3) is 0.263. The van der Waals surface area contributed by atoms with Gasteiger partial charge in [0.2, 0.25) is 0 Å². The van der Waals surface area contributed by atoms with Crippen LogP contribution < -0.4 is 5.32 Å². The van der Waals surface area contributed by atoms with Gasteiger partial charge in [0.25, 0.3) is 0 Å². The molecule has 0 radical (unpaired) electrons. The maximum Gasteiger partial charge on any atom is 0.0454 e. The van der Waals surface area contributed by atoms with E-state index >= 15 is 0 Å². The van der Waals surface area contributed by atoms with Gasteiger partial charge in [-0.3, -0.25) is 0 Å². The van der Waals surface area contributed by atoms with E-state index in [-0.39, 0.29) is 0 Å². The highest BCUT2D eigenvalue weighted by Crippen LogP contribution is 2.34. The predicted octanol–water partition coefficient (Wildman–Crippen LogP) is 5.43. The minimum absolute atomic E-state index is 0.435. The van der Waals surface area contributed by atoms with E-state index < -0.39 is 0 Å². The lowest BCUT2D eigenvalue weighted by Crippen LogP contribution is -2.11. The molecular weight excluding hydrogens is 242 g/mol. The van der Waals surface area contributed by atoms with Crippen LogP contribution in [0, 0.1) is 13.8 Å². The van der Waals surface area contributed by atoms with Crippen LogP contribution >= 0.6 is 0 Å². The van der Waals surface area contributed by atoms with Gasteiger partial charge in [0.1, 0.15) is 0 Å². The van der Waals surface area contributed by atoms with E-state index in [2.05, 4.69) is 75.5 Å². The Kier molecular flexibility index (Phi) is 3.13. The van der Waals surface area contributed by atoms with E-state index in [9.17, 15) is 0 Å². The summed E-state index contributed by atoms with van der Waals surface area (Å²) in [5, 5.41) is 8.92. The third-order valence-electron chi connectivity index (χ3n) is 4.00. The average molecular weight is 263 g/mol. The molecule has 0 heterocycles. The van der Waals surface area contributed by atoms with Gasteiger partial charge in [-0.05, 0) is 55.0 Å². The van der Waals surface area contributed by atoms with Crippen LogP contribution in [0.3, 0.4) is 0 Å². The van der Waals surface area contributed by atoms with Crippen LogP contribution in [-0.2, 0) is 0 Å². The molecule has 1 nitrogen and oxygen atoms in total. The van der Waals surface area contributed by atoms with Crippen molar-refractivity contribution in [2.45, 2.75) is 33.7 Å². The lowest BCUT2D eigenvalue weighted by Gasteiger charge is -2.18. The number of benzene rings is 3. The van der Waals surface area contributed by atoms with E-state index in [1.54, 1.807) is 0 Å². The highest BCUT2D eigenvalue weighted by molar-refractivity contribution is 6.12. The number of anilines is 1. The third kappa shape index (κ3) is 2.03. The quantitative estimate of drug-likeness (QED) is 0.608. The van der Waals surface area contributed by atoms with Gasteiger partial charge in [-0.2, -0.15) is 0 Å². The van der Waals surface area contributed by atoms with Gasteiger partial charge in [0.05, 0.1) is 0 Å². The van der Waals surface area contributed by atoms with E-state index in [0.29, 0.717) is 6.04 Å². The van der Waals surface area contributed by atoms with Crippen LogP contribution in [0.15, 0.2) is 42.5 Å². The number of hydrogen-bond donors (Lipinski definition) is 1. The van der Waals surface area contributed by atoms with Crippen molar-refractivity contribution in [2.75, 3.05) is 5.32 Å². The topological polar surface area (TPSA) is 12.0 Å². The van der Waals surface area contributed by atoms with Crippen molar-refractivity contribution in [3.05, 3.63) is 53.6 Å². The summed E-state index contributed by atoms with van der Waals surface area (Å²) in [7, 11) is 0. The molecule has 0 aliphatic rings. The minimum atomic E-state index is 0.435. The second-order valence-corrected chi connectivity index (χ2v) is 5.87. The Hall–Kier alpha value is -2.02. The molecule has 1 heteroatoms. The maximum atomic E-state index is 3.62. The predicted molar refractivity (Wildman–Crippen MR) is 89.7 cm³/mol. The van der Waals surface area contributed by atoms with Crippen LogP contribution in [-0.4, -0.2) is 6.04 Å². The highest BCUT2D eigenvalue weighted by atomic mass is 14.9. The first kappa shape index (κ1) is 13.0. The van der Waals surface area contributed by atoms with Gasteiger partial charge < -0.3 is 5.32 Å². The lowest BCUT2D eigenvalue weighted by atomic mass is 9.95. The lowest BCUT2D eigenvalue weighted by molar-refractivity contribution is 0.899. The van der Waals surface area contributed by atoms with Gasteiger partial charge in [-0.1, -0.05) is 42.5 Å². The number of aryl methyl sites for hydroxylation is 1. The molecule has 1 N–H and O–H groups in total. The van der Waals surface area contributed by atoms with Crippen molar-refractivity contribution in [2.24, 2.45) is 0 Å². The van der Waals surface area contributed by atoms with Gasteiger partial charge in [-0.15, -0.1) is 0 Å². The summed E-state index contributed by atoms with van der Waals surface area (Å²) in [6.07, 6.45) is 0. The number of fused-ring (bicyclic) bond motifs is 3. The summed E-state index contributed by atoms with van der Waals surface area (Å²) in [6.45, 7) is 8.78. The largest absolute Gasteiger partial charge is 0.382 e. The average Bonchev–Trinajstić information content (AvgIpc) is 2.43. The zero-order chi connectivity index (χ0) is 14.3. The Morgan fingerprint density at radius 2 is 1.60 bits per heavy atom. The van der Waals surface area contributed by atoms with Crippen molar-refractivity contribution in [1.82, 2.24) is 0 Å². The first-order valence-corrected chi connectivity index (χ1v) is 7.26. The second-order valence-electron chi connectivity index (χ2n) is 5.87. The molecule has 3 aromatic carbocycles. The van der Waals surface area contributed by atoms with Crippen molar-refractivity contribution < 1.29 is 0 Å². The Balaban J connectivity index is 2.43. The SMILES string of the molecule is Cc1cc2c(ccc3ccccc32)c(NC(C)C)c1C. The van der Waals surface area contributed by atoms with Crippen LogP contribution in [0.2, 0.25) is 0 Å². The number of hydrogen-bond acceptors (Lipinski definition) is 1. The second kappa shape index (κ2) is 4.82. The molecule has 0 saturated carbocycles. The van der Waals surface area contributed by atoms with Gasteiger partial charge in [-0.25, -0.2) is 0 Å². The first-order chi connectivity index (χ1) is 9.58. The van der Waals surface area contributed by atoms with Crippen molar-refractivity contribution in [3.63, 3.8) is 0 Å².